The zero-order chi connectivity index (χ0) is 12.3. The summed E-state index contributed by atoms with van der Waals surface area (Å²) in [5, 5.41) is 8.95. The summed E-state index contributed by atoms with van der Waals surface area (Å²) in [6.07, 6.45) is 7.75. The van der Waals surface area contributed by atoms with E-state index in [0.717, 1.165) is 18.4 Å². The summed E-state index contributed by atoms with van der Waals surface area (Å²) in [6.45, 7) is 0. The van der Waals surface area contributed by atoms with Crippen LogP contribution in [0, 0.1) is 17.1 Å². The fourth-order valence-electron chi connectivity index (χ4n) is 1.87. The Balaban J connectivity index is 2.54. The van der Waals surface area contributed by atoms with E-state index in [2.05, 4.69) is 0 Å². The Morgan fingerprint density at radius 1 is 1.35 bits per heavy atom. The number of ether oxygens (including phenoxy) is 1. The van der Waals surface area contributed by atoms with Crippen molar-refractivity contribution in [3.8, 4) is 11.8 Å². The Kier molecular flexibility index (Phi) is 3.24. The molecule has 0 saturated heterocycles. The summed E-state index contributed by atoms with van der Waals surface area (Å²) in [5.41, 5.74) is 1.25. The van der Waals surface area contributed by atoms with Crippen molar-refractivity contribution in [2.45, 2.75) is 12.8 Å². The monoisotopic (exact) mass is 229 g/mol. The first-order valence-corrected chi connectivity index (χ1v) is 5.41. The van der Waals surface area contributed by atoms with E-state index in [4.69, 9.17) is 10.00 Å². The average molecular weight is 229 g/mol. The van der Waals surface area contributed by atoms with Gasteiger partial charge < -0.3 is 4.74 Å². The number of allylic oxidation sites excluding steroid dienone is 4. The Labute approximate surface area is 99.6 Å². The largest absolute Gasteiger partial charge is 0.495 e. The fourth-order valence-corrected chi connectivity index (χ4v) is 1.87. The van der Waals surface area contributed by atoms with Gasteiger partial charge in [0.05, 0.1) is 7.11 Å². The Morgan fingerprint density at radius 2 is 2.18 bits per heavy atom. The summed E-state index contributed by atoms with van der Waals surface area (Å²) in [4.78, 5) is 0. The van der Waals surface area contributed by atoms with Gasteiger partial charge in [0, 0.05) is 5.56 Å². The first kappa shape index (κ1) is 11.4. The molecule has 1 aliphatic rings. The highest BCUT2D eigenvalue weighted by Crippen LogP contribution is 2.30. The molecule has 2 rings (SSSR count). The molecule has 0 atom stereocenters. The number of nitrogens with zero attached hydrogens (tertiary/aromatic N) is 1. The van der Waals surface area contributed by atoms with Gasteiger partial charge in [-0.3, -0.25) is 0 Å². The first-order valence-electron chi connectivity index (χ1n) is 5.41. The van der Waals surface area contributed by atoms with Crippen LogP contribution in [0.15, 0.2) is 30.4 Å². The smallest absolute Gasteiger partial charge is 0.152 e. The second-order valence-corrected chi connectivity index (χ2v) is 3.76. The van der Waals surface area contributed by atoms with Crippen LogP contribution in [0.25, 0.3) is 5.57 Å². The molecular formula is C14H12FNO. The SMILES string of the molecule is COc1ccc(C2=CCCC=C2)c(F)c1C#N. The molecule has 0 fully saturated rings. The number of hydrogen-bond acceptors (Lipinski definition) is 2. The summed E-state index contributed by atoms with van der Waals surface area (Å²) in [6, 6.07) is 5.12. The van der Waals surface area contributed by atoms with Gasteiger partial charge in [-0.15, -0.1) is 0 Å². The van der Waals surface area contributed by atoms with Crippen molar-refractivity contribution in [3.05, 3.63) is 47.3 Å². The van der Waals surface area contributed by atoms with Crippen molar-refractivity contribution < 1.29 is 9.13 Å². The fraction of sp³-hybridized carbons (Fsp3) is 0.214. The van der Waals surface area contributed by atoms with Crippen LogP contribution in [0.3, 0.4) is 0 Å². The number of benzene rings is 1. The number of halogens is 1. The molecule has 0 saturated carbocycles. The molecule has 0 aliphatic heterocycles. The molecule has 0 radical (unpaired) electrons. The molecule has 2 nitrogen and oxygen atoms in total. The van der Waals surface area contributed by atoms with Crippen molar-refractivity contribution in [1.29, 1.82) is 5.26 Å². The Hall–Kier alpha value is -2.08. The normalized spacial score (nSPS) is 14.1. The van der Waals surface area contributed by atoms with E-state index >= 15 is 0 Å². The highest BCUT2D eigenvalue weighted by Gasteiger charge is 2.15. The lowest BCUT2D eigenvalue weighted by Gasteiger charge is -2.11. The van der Waals surface area contributed by atoms with Crippen LogP contribution in [-0.2, 0) is 0 Å². The maximum absolute atomic E-state index is 14.1. The lowest BCUT2D eigenvalue weighted by Crippen LogP contribution is -1.97. The summed E-state index contributed by atoms with van der Waals surface area (Å²) >= 11 is 0. The molecular weight excluding hydrogens is 217 g/mol. The van der Waals surface area contributed by atoms with E-state index in [1.807, 2.05) is 24.3 Å². The number of rotatable bonds is 2. The van der Waals surface area contributed by atoms with Gasteiger partial charge in [-0.1, -0.05) is 18.2 Å². The van der Waals surface area contributed by atoms with Gasteiger partial charge in [0.1, 0.15) is 17.4 Å². The van der Waals surface area contributed by atoms with Gasteiger partial charge in [0.25, 0.3) is 0 Å². The zero-order valence-corrected chi connectivity index (χ0v) is 9.53. The minimum absolute atomic E-state index is 0.0372. The van der Waals surface area contributed by atoms with Crippen molar-refractivity contribution in [1.82, 2.24) is 0 Å². The highest BCUT2D eigenvalue weighted by molar-refractivity contribution is 5.76. The highest BCUT2D eigenvalue weighted by atomic mass is 19.1. The molecule has 1 aromatic carbocycles. The molecule has 3 heteroatoms. The van der Waals surface area contributed by atoms with E-state index in [0.29, 0.717) is 5.56 Å². The van der Waals surface area contributed by atoms with Gasteiger partial charge >= 0.3 is 0 Å². The van der Waals surface area contributed by atoms with Crippen LogP contribution >= 0.6 is 0 Å². The van der Waals surface area contributed by atoms with Crippen molar-refractivity contribution in [2.24, 2.45) is 0 Å². The Bertz CT molecular complexity index is 538. The third-order valence-corrected chi connectivity index (χ3v) is 2.74. The molecule has 0 N–H and O–H groups in total. The molecule has 0 spiro atoms. The molecule has 0 amide bonds. The molecule has 0 bridgehead atoms. The molecule has 0 unspecified atom stereocenters. The van der Waals surface area contributed by atoms with Crippen molar-refractivity contribution in [2.75, 3.05) is 7.11 Å². The van der Waals surface area contributed by atoms with E-state index in [9.17, 15) is 4.39 Å². The lowest BCUT2D eigenvalue weighted by atomic mass is 9.97. The quantitative estimate of drug-likeness (QED) is 0.778. The van der Waals surface area contributed by atoms with Crippen LogP contribution in [-0.4, -0.2) is 7.11 Å². The molecule has 86 valence electrons. The maximum atomic E-state index is 14.1. The van der Waals surface area contributed by atoms with Gasteiger partial charge in [0.15, 0.2) is 5.82 Å². The van der Waals surface area contributed by atoms with E-state index in [1.165, 1.54) is 7.11 Å². The molecule has 17 heavy (non-hydrogen) atoms. The van der Waals surface area contributed by atoms with E-state index in [-0.39, 0.29) is 11.3 Å². The van der Waals surface area contributed by atoms with Crippen molar-refractivity contribution >= 4 is 5.57 Å². The zero-order valence-electron chi connectivity index (χ0n) is 9.53. The number of hydrogen-bond donors (Lipinski definition) is 0. The molecule has 1 aromatic rings. The number of nitriles is 1. The van der Waals surface area contributed by atoms with Crippen LogP contribution in [0.5, 0.6) is 5.75 Å². The van der Waals surface area contributed by atoms with Crippen LogP contribution in [0.4, 0.5) is 4.39 Å². The minimum Gasteiger partial charge on any atom is -0.495 e. The maximum Gasteiger partial charge on any atom is 0.152 e. The second-order valence-electron chi connectivity index (χ2n) is 3.76. The Morgan fingerprint density at radius 3 is 2.76 bits per heavy atom. The van der Waals surface area contributed by atoms with Gasteiger partial charge in [-0.25, -0.2) is 4.39 Å². The number of methoxy groups -OCH3 is 1. The first-order chi connectivity index (χ1) is 8.27. The third-order valence-electron chi connectivity index (χ3n) is 2.74. The van der Waals surface area contributed by atoms with Gasteiger partial charge in [-0.2, -0.15) is 5.26 Å². The topological polar surface area (TPSA) is 33.0 Å². The minimum atomic E-state index is -0.510. The summed E-state index contributed by atoms with van der Waals surface area (Å²) in [7, 11) is 1.43. The third kappa shape index (κ3) is 2.07. The van der Waals surface area contributed by atoms with E-state index in [1.54, 1.807) is 12.1 Å². The molecule has 0 aromatic heterocycles. The van der Waals surface area contributed by atoms with E-state index < -0.39 is 5.82 Å². The standard InChI is InChI=1S/C14H12FNO/c1-17-13-8-7-11(14(15)12(13)9-16)10-5-3-2-4-6-10/h3,5-8H,2,4H2,1H3. The predicted octanol–water partition coefficient (Wildman–Crippen LogP) is 3.44. The lowest BCUT2D eigenvalue weighted by molar-refractivity contribution is 0.409. The summed E-state index contributed by atoms with van der Waals surface area (Å²) < 4.78 is 19.1. The average Bonchev–Trinajstić information content (AvgIpc) is 2.39. The molecule has 0 heterocycles. The summed E-state index contributed by atoms with van der Waals surface area (Å²) in [5.74, 6) is -0.237. The van der Waals surface area contributed by atoms with Crippen molar-refractivity contribution in [3.63, 3.8) is 0 Å². The van der Waals surface area contributed by atoms with Crippen LogP contribution in [0.2, 0.25) is 0 Å². The second kappa shape index (κ2) is 4.84. The predicted molar refractivity (Wildman–Crippen MR) is 64.0 cm³/mol. The molecule has 1 aliphatic carbocycles. The van der Waals surface area contributed by atoms with Crippen LogP contribution < -0.4 is 4.74 Å². The van der Waals surface area contributed by atoms with Gasteiger partial charge in [-0.05, 0) is 30.5 Å². The van der Waals surface area contributed by atoms with Gasteiger partial charge in [0.2, 0.25) is 0 Å². The van der Waals surface area contributed by atoms with Crippen LogP contribution in [0.1, 0.15) is 24.0 Å².